The lowest BCUT2D eigenvalue weighted by molar-refractivity contribution is -0.224. The summed E-state index contributed by atoms with van der Waals surface area (Å²) in [5.74, 6) is -0.770. The molecule has 0 radical (unpaired) electrons. The van der Waals surface area contributed by atoms with Gasteiger partial charge in [0.1, 0.15) is 5.78 Å². The van der Waals surface area contributed by atoms with Crippen LogP contribution in [0, 0.1) is 11.8 Å². The Kier molecular flexibility index (Phi) is 6.95. The van der Waals surface area contributed by atoms with Gasteiger partial charge < -0.3 is 14.6 Å². The summed E-state index contributed by atoms with van der Waals surface area (Å²) in [4.78, 5) is 24.1. The van der Waals surface area contributed by atoms with Crippen molar-refractivity contribution in [3.63, 3.8) is 0 Å². The Balaban J connectivity index is 1.81. The summed E-state index contributed by atoms with van der Waals surface area (Å²) >= 11 is 0. The van der Waals surface area contributed by atoms with Gasteiger partial charge in [-0.15, -0.1) is 0 Å². The zero-order valence-corrected chi connectivity index (χ0v) is 18.7. The third-order valence-corrected chi connectivity index (χ3v) is 6.21. The van der Waals surface area contributed by atoms with Gasteiger partial charge in [0.25, 0.3) is 0 Å². The monoisotopic (exact) mass is 414 g/mol. The Hall–Kier alpha value is -1.82. The molecule has 1 N–H and O–H groups in total. The lowest BCUT2D eigenvalue weighted by Crippen LogP contribution is -2.49. The summed E-state index contributed by atoms with van der Waals surface area (Å²) in [5, 5.41) is 9.96. The summed E-state index contributed by atoms with van der Waals surface area (Å²) in [6.45, 7) is 9.62. The molecule has 0 fully saturated rings. The molecular weight excluding hydrogens is 380 g/mol. The van der Waals surface area contributed by atoms with Crippen LogP contribution in [0.1, 0.15) is 60.3 Å². The fourth-order valence-corrected chi connectivity index (χ4v) is 4.44. The van der Waals surface area contributed by atoms with Gasteiger partial charge in [-0.1, -0.05) is 31.1 Å². The summed E-state index contributed by atoms with van der Waals surface area (Å²) in [7, 11) is 0. The van der Waals surface area contributed by atoms with Crippen LogP contribution >= 0.6 is 0 Å². The predicted octanol–water partition coefficient (Wildman–Crippen LogP) is 4.22. The Bertz CT molecular complexity index is 828. The van der Waals surface area contributed by atoms with Crippen molar-refractivity contribution >= 4 is 11.6 Å². The molecule has 0 bridgehead atoms. The van der Waals surface area contributed by atoms with Crippen LogP contribution < -0.4 is 0 Å². The largest absolute Gasteiger partial charge is 0.392 e. The summed E-state index contributed by atoms with van der Waals surface area (Å²) in [5.41, 5.74) is 3.76. The second-order valence-corrected chi connectivity index (χ2v) is 9.25. The molecule has 164 valence electrons. The van der Waals surface area contributed by atoms with Crippen molar-refractivity contribution in [3.05, 3.63) is 46.6 Å². The van der Waals surface area contributed by atoms with Crippen LogP contribution in [0.3, 0.4) is 0 Å². The first-order valence-electron chi connectivity index (χ1n) is 10.9. The zero-order chi connectivity index (χ0) is 22.1. The van der Waals surface area contributed by atoms with Gasteiger partial charge in [-0.3, -0.25) is 9.59 Å². The number of ketones is 2. The number of fused-ring (bicyclic) bond motifs is 1. The number of aliphatic hydroxyl groups excluding tert-OH is 1. The van der Waals surface area contributed by atoms with Crippen molar-refractivity contribution < 1.29 is 24.2 Å². The van der Waals surface area contributed by atoms with E-state index in [-0.39, 0.29) is 42.2 Å². The Labute approximate surface area is 179 Å². The minimum absolute atomic E-state index is 0.0571. The van der Waals surface area contributed by atoms with E-state index in [1.807, 2.05) is 45.9 Å². The highest BCUT2D eigenvalue weighted by Crippen LogP contribution is 2.42. The number of hydrogen-bond acceptors (Lipinski definition) is 5. The highest BCUT2D eigenvalue weighted by molar-refractivity contribution is 5.96. The molecule has 3 rings (SSSR count). The molecule has 5 nitrogen and oxygen atoms in total. The number of rotatable bonds is 6. The highest BCUT2D eigenvalue weighted by Gasteiger charge is 2.45. The van der Waals surface area contributed by atoms with Crippen LogP contribution in [0.15, 0.2) is 46.6 Å². The second kappa shape index (κ2) is 9.13. The van der Waals surface area contributed by atoms with Crippen molar-refractivity contribution in [1.82, 2.24) is 0 Å². The molecule has 0 unspecified atom stereocenters. The van der Waals surface area contributed by atoms with Gasteiger partial charge in [0.2, 0.25) is 5.79 Å². The molecular formula is C25H34O5. The third kappa shape index (κ3) is 5.08. The van der Waals surface area contributed by atoms with Crippen LogP contribution in [0.5, 0.6) is 0 Å². The molecule has 0 aromatic carbocycles. The smallest absolute Gasteiger partial charge is 0.209 e. The zero-order valence-electron chi connectivity index (χ0n) is 18.7. The van der Waals surface area contributed by atoms with E-state index in [4.69, 9.17) is 9.47 Å². The maximum Gasteiger partial charge on any atom is 0.209 e. The SMILES string of the molecule is CC(=C[C@@H]1CC(C)=C[C@]2(C=C(CO)[C@H]3CC(=O)C(C)=C[C@H]3O2)O1)CCC(=O)C(C)C. The molecule has 0 amide bonds. The van der Waals surface area contributed by atoms with E-state index in [9.17, 15) is 14.7 Å². The van der Waals surface area contributed by atoms with Gasteiger partial charge in [0.15, 0.2) is 5.78 Å². The Morgan fingerprint density at radius 2 is 1.97 bits per heavy atom. The molecule has 30 heavy (non-hydrogen) atoms. The number of carbonyl (C=O) groups is 2. The van der Waals surface area contributed by atoms with Crippen molar-refractivity contribution in [2.24, 2.45) is 11.8 Å². The lowest BCUT2D eigenvalue weighted by atomic mass is 9.79. The quantitative estimate of drug-likeness (QED) is 0.659. The van der Waals surface area contributed by atoms with Crippen molar-refractivity contribution in [1.29, 1.82) is 0 Å². The number of allylic oxidation sites excluding steroid dienone is 2. The van der Waals surface area contributed by atoms with Gasteiger partial charge in [-0.2, -0.15) is 0 Å². The summed E-state index contributed by atoms with van der Waals surface area (Å²) in [6, 6.07) is 0. The van der Waals surface area contributed by atoms with E-state index >= 15 is 0 Å². The van der Waals surface area contributed by atoms with E-state index in [1.54, 1.807) is 0 Å². The summed E-state index contributed by atoms with van der Waals surface area (Å²) < 4.78 is 12.8. The molecule has 3 aliphatic rings. The molecule has 0 saturated carbocycles. The number of Topliss-reactive ketones (excluding diaryl/α,β-unsaturated/α-hetero) is 2. The number of ether oxygens (including phenoxy) is 2. The maximum atomic E-state index is 12.1. The molecule has 2 aliphatic heterocycles. The highest BCUT2D eigenvalue weighted by atomic mass is 16.7. The molecule has 5 heteroatoms. The van der Waals surface area contributed by atoms with E-state index in [0.717, 1.165) is 29.6 Å². The van der Waals surface area contributed by atoms with E-state index in [1.165, 1.54) is 0 Å². The predicted molar refractivity (Wildman–Crippen MR) is 116 cm³/mol. The van der Waals surface area contributed by atoms with Crippen molar-refractivity contribution in [2.75, 3.05) is 6.61 Å². The molecule has 1 spiro atoms. The Morgan fingerprint density at radius 3 is 2.63 bits per heavy atom. The molecule has 4 atom stereocenters. The van der Waals surface area contributed by atoms with Crippen LogP contribution in [-0.2, 0) is 19.1 Å². The fourth-order valence-electron chi connectivity index (χ4n) is 4.44. The molecule has 0 saturated heterocycles. The van der Waals surface area contributed by atoms with E-state index in [2.05, 4.69) is 13.0 Å². The van der Waals surface area contributed by atoms with Crippen LogP contribution in [0.4, 0.5) is 0 Å². The average molecular weight is 415 g/mol. The molecule has 0 aromatic heterocycles. The van der Waals surface area contributed by atoms with Crippen LogP contribution in [0.25, 0.3) is 0 Å². The minimum Gasteiger partial charge on any atom is -0.392 e. The maximum absolute atomic E-state index is 12.1. The molecule has 1 aliphatic carbocycles. The first-order valence-corrected chi connectivity index (χ1v) is 10.9. The van der Waals surface area contributed by atoms with E-state index < -0.39 is 5.79 Å². The summed E-state index contributed by atoms with van der Waals surface area (Å²) in [6.07, 6.45) is 9.65. The third-order valence-electron chi connectivity index (χ3n) is 6.21. The number of aliphatic hydroxyl groups is 1. The minimum atomic E-state index is -1.05. The van der Waals surface area contributed by atoms with Crippen LogP contribution in [0.2, 0.25) is 0 Å². The van der Waals surface area contributed by atoms with E-state index in [0.29, 0.717) is 18.4 Å². The van der Waals surface area contributed by atoms with Crippen molar-refractivity contribution in [3.8, 4) is 0 Å². The molecule has 2 heterocycles. The normalized spacial score (nSPS) is 32.0. The second-order valence-electron chi connectivity index (χ2n) is 9.25. The lowest BCUT2D eigenvalue weighted by Gasteiger charge is -2.45. The van der Waals surface area contributed by atoms with Gasteiger partial charge in [-0.05, 0) is 63.0 Å². The average Bonchev–Trinajstić information content (AvgIpc) is 2.66. The topological polar surface area (TPSA) is 72.8 Å². The van der Waals surface area contributed by atoms with Crippen LogP contribution in [-0.4, -0.2) is 41.3 Å². The van der Waals surface area contributed by atoms with Gasteiger partial charge in [0.05, 0.1) is 18.8 Å². The Morgan fingerprint density at radius 1 is 1.23 bits per heavy atom. The van der Waals surface area contributed by atoms with Crippen molar-refractivity contribution in [2.45, 2.75) is 78.3 Å². The first-order chi connectivity index (χ1) is 14.1. The number of hydrogen-bond donors (Lipinski definition) is 1. The fraction of sp³-hybridized carbons (Fsp3) is 0.600. The van der Waals surface area contributed by atoms with Gasteiger partial charge in [-0.25, -0.2) is 0 Å². The first kappa shape index (κ1) is 22.9. The van der Waals surface area contributed by atoms with Gasteiger partial charge in [0, 0.05) is 24.7 Å². The number of carbonyl (C=O) groups excluding carboxylic acids is 2. The van der Waals surface area contributed by atoms with Gasteiger partial charge >= 0.3 is 0 Å². The standard InChI is InChI=1S/C25H34O5/c1-15(2)22(27)7-6-16(3)8-20-9-17(4)12-25(29-20)13-19(14-26)21-11-23(28)18(5)10-24(21)30-25/h8,10,12-13,15,20-21,24,26H,6-7,9,11,14H2,1-5H3/t20-,21-,24-,25+/m1/s1. The molecule has 0 aromatic rings.